The molecule has 0 aromatic rings. The fraction of sp³-hybridized carbons (Fsp3) is 1.00. The predicted octanol–water partition coefficient (Wildman–Crippen LogP) is 1.46. The Kier molecular flexibility index (Phi) is 8.81. The summed E-state index contributed by atoms with van der Waals surface area (Å²) in [6.45, 7) is 12.5. The summed E-state index contributed by atoms with van der Waals surface area (Å²) in [6, 6.07) is 0. The Morgan fingerprint density at radius 1 is 1.05 bits per heavy atom. The number of quaternary nitrogens is 1. The van der Waals surface area contributed by atoms with E-state index in [0.717, 1.165) is 50.2 Å². The van der Waals surface area contributed by atoms with Crippen molar-refractivity contribution >= 4 is 10.1 Å². The van der Waals surface area contributed by atoms with Crippen LogP contribution in [-0.4, -0.2) is 74.4 Å². The highest BCUT2D eigenvalue weighted by Gasteiger charge is 2.23. The molecule has 6 heteroatoms. The van der Waals surface area contributed by atoms with Gasteiger partial charge in [0.1, 0.15) is 0 Å². The van der Waals surface area contributed by atoms with Gasteiger partial charge < -0.3 is 9.38 Å². The van der Waals surface area contributed by atoms with Crippen molar-refractivity contribution in [3.63, 3.8) is 0 Å². The van der Waals surface area contributed by atoms with Crippen LogP contribution >= 0.6 is 0 Å². The van der Waals surface area contributed by atoms with Gasteiger partial charge in [-0.3, -0.25) is 4.55 Å². The van der Waals surface area contributed by atoms with E-state index >= 15 is 0 Å². The van der Waals surface area contributed by atoms with Crippen molar-refractivity contribution in [1.82, 2.24) is 4.90 Å². The van der Waals surface area contributed by atoms with Gasteiger partial charge in [0.15, 0.2) is 0 Å². The Hall–Kier alpha value is -0.170. The molecule has 0 saturated heterocycles. The average Bonchev–Trinajstić information content (AvgIpc) is 2.35. The van der Waals surface area contributed by atoms with Crippen LogP contribution in [0.3, 0.4) is 0 Å². The second-order valence-corrected chi connectivity index (χ2v) is 6.88. The molecule has 0 aliphatic heterocycles. The van der Waals surface area contributed by atoms with Gasteiger partial charge in [-0.1, -0.05) is 6.92 Å². The van der Waals surface area contributed by atoms with Crippen LogP contribution in [0, 0.1) is 0 Å². The molecule has 0 unspecified atom stereocenters. The van der Waals surface area contributed by atoms with Gasteiger partial charge in [-0.25, -0.2) is 0 Å². The van der Waals surface area contributed by atoms with Crippen LogP contribution in [0.4, 0.5) is 0 Å². The zero-order chi connectivity index (χ0) is 14.9. The Morgan fingerprint density at radius 2 is 1.58 bits per heavy atom. The molecular formula is C13H31N2O3S+. The molecule has 5 nitrogen and oxygen atoms in total. The van der Waals surface area contributed by atoms with E-state index in [-0.39, 0.29) is 5.75 Å². The standard InChI is InChI=1S/C13H30N2O3S/c1-5-14(4)10-8-11-15(6-2,7-3)12-9-13-19(16,17)18/h5-13H2,1-4H3/p+1. The molecule has 0 aromatic carbocycles. The molecular weight excluding hydrogens is 264 g/mol. The second-order valence-electron chi connectivity index (χ2n) is 5.31. The topological polar surface area (TPSA) is 57.6 Å². The van der Waals surface area contributed by atoms with Crippen molar-refractivity contribution in [2.24, 2.45) is 0 Å². The lowest BCUT2D eigenvalue weighted by Crippen LogP contribution is -2.50. The molecule has 0 aromatic heterocycles. The third-order valence-electron chi connectivity index (χ3n) is 4.09. The van der Waals surface area contributed by atoms with E-state index < -0.39 is 10.1 Å². The van der Waals surface area contributed by atoms with E-state index in [4.69, 9.17) is 4.55 Å². The predicted molar refractivity (Wildman–Crippen MR) is 79.9 cm³/mol. The van der Waals surface area contributed by atoms with Crippen molar-refractivity contribution in [2.45, 2.75) is 33.6 Å². The Bertz CT molecular complexity index is 327. The molecule has 0 radical (unpaired) electrons. The molecule has 0 spiro atoms. The van der Waals surface area contributed by atoms with E-state index in [9.17, 15) is 8.42 Å². The van der Waals surface area contributed by atoms with Crippen LogP contribution in [0.2, 0.25) is 0 Å². The van der Waals surface area contributed by atoms with Crippen LogP contribution in [0.1, 0.15) is 33.6 Å². The maximum Gasteiger partial charge on any atom is 0.265 e. The molecule has 0 amide bonds. The van der Waals surface area contributed by atoms with Crippen molar-refractivity contribution in [3.05, 3.63) is 0 Å². The van der Waals surface area contributed by atoms with Crippen LogP contribution in [-0.2, 0) is 10.1 Å². The first-order valence-corrected chi connectivity index (χ1v) is 8.88. The highest BCUT2D eigenvalue weighted by atomic mass is 32.2. The third-order valence-corrected chi connectivity index (χ3v) is 4.89. The summed E-state index contributed by atoms with van der Waals surface area (Å²) in [5.74, 6) is -0.123. The molecule has 0 fully saturated rings. The molecule has 1 N–H and O–H groups in total. The summed E-state index contributed by atoms with van der Waals surface area (Å²) in [4.78, 5) is 2.29. The minimum absolute atomic E-state index is 0.123. The summed E-state index contributed by atoms with van der Waals surface area (Å²) in [5.41, 5.74) is 0. The first kappa shape index (κ1) is 18.8. The van der Waals surface area contributed by atoms with Crippen LogP contribution in [0.5, 0.6) is 0 Å². The summed E-state index contributed by atoms with van der Waals surface area (Å²) in [7, 11) is -1.70. The van der Waals surface area contributed by atoms with E-state index in [1.807, 2.05) is 0 Å². The fourth-order valence-electron chi connectivity index (χ4n) is 2.38. The molecule has 0 bridgehead atoms. The summed E-state index contributed by atoms with van der Waals surface area (Å²) >= 11 is 0. The molecule has 116 valence electrons. The second kappa shape index (κ2) is 8.89. The van der Waals surface area contributed by atoms with Crippen LogP contribution in [0.15, 0.2) is 0 Å². The third kappa shape index (κ3) is 8.57. The van der Waals surface area contributed by atoms with Gasteiger partial charge in [0.05, 0.1) is 31.9 Å². The quantitative estimate of drug-likeness (QED) is 0.463. The first-order chi connectivity index (χ1) is 8.78. The molecule has 19 heavy (non-hydrogen) atoms. The molecule has 0 rings (SSSR count). The monoisotopic (exact) mass is 295 g/mol. The highest BCUT2D eigenvalue weighted by molar-refractivity contribution is 7.85. The maximum absolute atomic E-state index is 10.8. The average molecular weight is 295 g/mol. The number of hydrogen-bond acceptors (Lipinski definition) is 3. The van der Waals surface area contributed by atoms with Gasteiger partial charge >= 0.3 is 0 Å². The number of nitrogens with zero attached hydrogens (tertiary/aromatic N) is 2. The fourth-order valence-corrected chi connectivity index (χ4v) is 2.88. The lowest BCUT2D eigenvalue weighted by atomic mass is 10.2. The minimum atomic E-state index is -3.82. The van der Waals surface area contributed by atoms with Crippen LogP contribution in [0.25, 0.3) is 0 Å². The van der Waals surface area contributed by atoms with Crippen molar-refractivity contribution in [3.8, 4) is 0 Å². The summed E-state index contributed by atoms with van der Waals surface area (Å²) in [6.07, 6.45) is 1.65. The van der Waals surface area contributed by atoms with Gasteiger partial charge in [-0.2, -0.15) is 8.42 Å². The number of rotatable bonds is 11. The van der Waals surface area contributed by atoms with Crippen LogP contribution < -0.4 is 0 Å². The van der Waals surface area contributed by atoms with Gasteiger partial charge in [-0.05, 0) is 27.4 Å². The Balaban J connectivity index is 4.25. The zero-order valence-electron chi connectivity index (χ0n) is 12.9. The van der Waals surface area contributed by atoms with Gasteiger partial charge in [0.2, 0.25) is 0 Å². The lowest BCUT2D eigenvalue weighted by Gasteiger charge is -2.37. The largest absolute Gasteiger partial charge is 0.324 e. The van der Waals surface area contributed by atoms with Crippen molar-refractivity contribution in [1.29, 1.82) is 0 Å². The Labute approximate surface area is 118 Å². The molecule has 0 saturated carbocycles. The smallest absolute Gasteiger partial charge is 0.265 e. The normalized spacial score (nSPS) is 13.2. The molecule has 0 atom stereocenters. The van der Waals surface area contributed by atoms with Gasteiger partial charge in [0.25, 0.3) is 10.1 Å². The molecule has 0 aliphatic carbocycles. The highest BCUT2D eigenvalue weighted by Crippen LogP contribution is 2.10. The van der Waals surface area contributed by atoms with Crippen molar-refractivity contribution < 1.29 is 17.5 Å². The van der Waals surface area contributed by atoms with Crippen molar-refractivity contribution in [2.75, 3.05) is 52.1 Å². The summed E-state index contributed by atoms with van der Waals surface area (Å²) < 4.78 is 31.3. The Morgan fingerprint density at radius 3 is 2.00 bits per heavy atom. The number of hydrogen-bond donors (Lipinski definition) is 1. The van der Waals surface area contributed by atoms with E-state index in [0.29, 0.717) is 6.42 Å². The van der Waals surface area contributed by atoms with Gasteiger partial charge in [0, 0.05) is 19.4 Å². The molecule has 0 aliphatic rings. The van der Waals surface area contributed by atoms with Gasteiger partial charge in [-0.15, -0.1) is 0 Å². The first-order valence-electron chi connectivity index (χ1n) is 7.27. The van der Waals surface area contributed by atoms with E-state index in [1.165, 1.54) is 0 Å². The minimum Gasteiger partial charge on any atom is -0.324 e. The lowest BCUT2D eigenvalue weighted by molar-refractivity contribution is -0.925. The molecule has 0 heterocycles. The van der Waals surface area contributed by atoms with E-state index in [1.54, 1.807) is 0 Å². The van der Waals surface area contributed by atoms with E-state index in [2.05, 4.69) is 32.7 Å². The zero-order valence-corrected chi connectivity index (χ0v) is 13.7. The maximum atomic E-state index is 10.8. The SMILES string of the molecule is CCN(C)CCC[N+](CC)(CC)CCCS(=O)(=O)O. The summed E-state index contributed by atoms with van der Waals surface area (Å²) in [5, 5.41) is 0.